The lowest BCUT2D eigenvalue weighted by molar-refractivity contribution is -0.144. The molecule has 0 spiro atoms. The normalized spacial score (nSPS) is 12.4. The third-order valence-corrected chi connectivity index (χ3v) is 2.66. The maximum absolute atomic E-state index is 10.8. The van der Waals surface area contributed by atoms with Gasteiger partial charge >= 0.3 is 5.97 Å². The molecule has 6 nitrogen and oxygen atoms in total. The Morgan fingerprint density at radius 2 is 2.22 bits per heavy atom. The Bertz CT molecular complexity index is 591. The summed E-state index contributed by atoms with van der Waals surface area (Å²) in [6.45, 7) is 1.46. The van der Waals surface area contributed by atoms with Crippen molar-refractivity contribution in [2.24, 2.45) is 7.05 Å². The Labute approximate surface area is 104 Å². The molecule has 2 aromatic rings. The summed E-state index contributed by atoms with van der Waals surface area (Å²) in [5.41, 5.74) is 0.850. The predicted molar refractivity (Wildman–Crippen MR) is 65.0 cm³/mol. The first kappa shape index (κ1) is 12.2. The summed E-state index contributed by atoms with van der Waals surface area (Å²) in [5.74, 6) is -0.0682. The topological polar surface area (TPSA) is 73.6 Å². The van der Waals surface area contributed by atoms with Crippen molar-refractivity contribution in [3.8, 4) is 11.6 Å². The Morgan fingerprint density at radius 3 is 2.83 bits per heavy atom. The average molecular weight is 250 g/mol. The molecule has 0 fully saturated rings. The Balaban J connectivity index is 2.46. The van der Waals surface area contributed by atoms with E-state index < -0.39 is 12.1 Å². The first-order chi connectivity index (χ1) is 8.52. The molecule has 96 valence electrons. The number of methoxy groups -OCH3 is 1. The zero-order valence-corrected chi connectivity index (χ0v) is 10.4. The van der Waals surface area contributed by atoms with Crippen LogP contribution in [0.25, 0.3) is 10.9 Å². The fraction of sp³-hybridized carbons (Fsp3) is 0.333. The van der Waals surface area contributed by atoms with E-state index in [9.17, 15) is 4.79 Å². The van der Waals surface area contributed by atoms with Crippen molar-refractivity contribution in [2.45, 2.75) is 13.0 Å². The second-order valence-corrected chi connectivity index (χ2v) is 3.91. The van der Waals surface area contributed by atoms with Crippen LogP contribution in [-0.2, 0) is 11.8 Å². The van der Waals surface area contributed by atoms with Gasteiger partial charge < -0.3 is 14.6 Å². The van der Waals surface area contributed by atoms with Crippen LogP contribution < -0.4 is 9.47 Å². The van der Waals surface area contributed by atoms with Crippen LogP contribution in [-0.4, -0.2) is 34.1 Å². The van der Waals surface area contributed by atoms with Gasteiger partial charge in [-0.05, 0) is 25.1 Å². The maximum atomic E-state index is 10.8. The third kappa shape index (κ3) is 2.09. The molecular formula is C12H14N2O4. The number of fused-ring (bicyclic) bond motifs is 1. The van der Waals surface area contributed by atoms with Crippen LogP contribution in [0.5, 0.6) is 11.6 Å². The van der Waals surface area contributed by atoms with Crippen molar-refractivity contribution in [1.29, 1.82) is 0 Å². The summed E-state index contributed by atoms with van der Waals surface area (Å²) >= 11 is 0. The van der Waals surface area contributed by atoms with E-state index in [4.69, 9.17) is 14.6 Å². The number of hydrogen-bond donors (Lipinski definition) is 1. The molecule has 0 unspecified atom stereocenters. The lowest BCUT2D eigenvalue weighted by Crippen LogP contribution is -2.23. The van der Waals surface area contributed by atoms with E-state index in [0.29, 0.717) is 11.6 Å². The number of aliphatic carboxylic acids is 1. The lowest BCUT2D eigenvalue weighted by atomic mass is 10.2. The molecule has 1 heterocycles. The number of aryl methyl sites for hydroxylation is 1. The number of rotatable bonds is 4. The summed E-state index contributed by atoms with van der Waals surface area (Å²) in [4.78, 5) is 10.8. The Hall–Kier alpha value is -2.24. The zero-order valence-electron chi connectivity index (χ0n) is 10.4. The molecule has 0 aliphatic carbocycles. The highest BCUT2D eigenvalue weighted by Gasteiger charge is 2.17. The van der Waals surface area contributed by atoms with E-state index in [1.54, 1.807) is 24.9 Å². The molecular weight excluding hydrogens is 236 g/mol. The van der Waals surface area contributed by atoms with Crippen molar-refractivity contribution in [2.75, 3.05) is 7.11 Å². The first-order valence-corrected chi connectivity index (χ1v) is 5.43. The highest BCUT2D eigenvalue weighted by atomic mass is 16.5. The highest BCUT2D eigenvalue weighted by Crippen LogP contribution is 2.28. The quantitative estimate of drug-likeness (QED) is 0.888. The van der Waals surface area contributed by atoms with Gasteiger partial charge in [0.2, 0.25) is 5.88 Å². The van der Waals surface area contributed by atoms with Gasteiger partial charge in [0.1, 0.15) is 5.75 Å². The van der Waals surface area contributed by atoms with Crippen molar-refractivity contribution in [3.63, 3.8) is 0 Å². The Kier molecular flexibility index (Phi) is 3.10. The molecule has 0 saturated carbocycles. The van der Waals surface area contributed by atoms with Crippen molar-refractivity contribution in [3.05, 3.63) is 18.2 Å². The molecule has 0 aliphatic rings. The summed E-state index contributed by atoms with van der Waals surface area (Å²) in [6, 6.07) is 5.43. The first-order valence-electron chi connectivity index (χ1n) is 5.43. The van der Waals surface area contributed by atoms with Crippen LogP contribution in [0.1, 0.15) is 6.92 Å². The van der Waals surface area contributed by atoms with Crippen LogP contribution in [0.15, 0.2) is 18.2 Å². The molecule has 6 heteroatoms. The van der Waals surface area contributed by atoms with Crippen LogP contribution in [0.3, 0.4) is 0 Å². The molecule has 1 atom stereocenters. The van der Waals surface area contributed by atoms with E-state index in [-0.39, 0.29) is 0 Å². The average Bonchev–Trinajstić information content (AvgIpc) is 2.65. The molecule has 1 N–H and O–H groups in total. The Morgan fingerprint density at radius 1 is 1.50 bits per heavy atom. The number of nitrogens with zero attached hydrogens (tertiary/aromatic N) is 2. The molecule has 18 heavy (non-hydrogen) atoms. The number of hydrogen-bond acceptors (Lipinski definition) is 4. The fourth-order valence-corrected chi connectivity index (χ4v) is 1.64. The third-order valence-electron chi connectivity index (χ3n) is 2.66. The van der Waals surface area contributed by atoms with Gasteiger partial charge in [-0.15, -0.1) is 5.10 Å². The number of aromatic nitrogens is 2. The molecule has 0 radical (unpaired) electrons. The molecule has 0 saturated heterocycles. The molecule has 2 rings (SSSR count). The van der Waals surface area contributed by atoms with E-state index in [2.05, 4.69) is 5.10 Å². The van der Waals surface area contributed by atoms with Gasteiger partial charge in [0.25, 0.3) is 0 Å². The minimum atomic E-state index is -1.03. The van der Waals surface area contributed by atoms with Gasteiger partial charge in [0.15, 0.2) is 6.10 Å². The summed E-state index contributed by atoms with van der Waals surface area (Å²) in [6.07, 6.45) is -0.950. The van der Waals surface area contributed by atoms with Crippen LogP contribution in [0, 0.1) is 0 Å². The standard InChI is InChI=1S/C12H14N2O4/c1-7(12(15)16)18-11-9-6-8(17-3)4-5-10(9)14(2)13-11/h4-7H,1-3H3,(H,15,16)/t7-/m1/s1. The minimum Gasteiger partial charge on any atom is -0.497 e. The summed E-state index contributed by atoms with van der Waals surface area (Å²) in [5, 5.41) is 13.7. The number of carbonyl (C=O) groups is 1. The number of ether oxygens (including phenoxy) is 2. The van der Waals surface area contributed by atoms with Gasteiger partial charge in [-0.1, -0.05) is 0 Å². The molecule has 0 amide bonds. The smallest absolute Gasteiger partial charge is 0.344 e. The number of benzene rings is 1. The largest absolute Gasteiger partial charge is 0.497 e. The molecule has 1 aromatic heterocycles. The van der Waals surface area contributed by atoms with E-state index >= 15 is 0 Å². The van der Waals surface area contributed by atoms with Gasteiger partial charge in [-0.3, -0.25) is 4.68 Å². The van der Waals surface area contributed by atoms with Gasteiger partial charge in [-0.2, -0.15) is 0 Å². The van der Waals surface area contributed by atoms with Gasteiger partial charge in [-0.25, -0.2) is 4.79 Å². The summed E-state index contributed by atoms with van der Waals surface area (Å²) in [7, 11) is 3.34. The molecule has 1 aromatic carbocycles. The monoisotopic (exact) mass is 250 g/mol. The zero-order chi connectivity index (χ0) is 13.3. The van der Waals surface area contributed by atoms with Gasteiger partial charge in [0.05, 0.1) is 18.0 Å². The SMILES string of the molecule is COc1ccc2c(c1)c(O[C@H](C)C(=O)O)nn2C. The van der Waals surface area contributed by atoms with Crippen LogP contribution in [0.4, 0.5) is 0 Å². The second-order valence-electron chi connectivity index (χ2n) is 3.91. The number of carboxylic acid groups (broad SMARTS) is 1. The van der Waals surface area contributed by atoms with Crippen molar-refractivity contribution >= 4 is 16.9 Å². The minimum absolute atomic E-state index is 0.293. The second kappa shape index (κ2) is 4.56. The van der Waals surface area contributed by atoms with E-state index in [0.717, 1.165) is 10.9 Å². The highest BCUT2D eigenvalue weighted by molar-refractivity contribution is 5.86. The van der Waals surface area contributed by atoms with Crippen molar-refractivity contribution in [1.82, 2.24) is 9.78 Å². The molecule has 0 aliphatic heterocycles. The van der Waals surface area contributed by atoms with E-state index in [1.807, 2.05) is 12.1 Å². The lowest BCUT2D eigenvalue weighted by Gasteiger charge is -2.07. The number of carboxylic acids is 1. The van der Waals surface area contributed by atoms with Crippen molar-refractivity contribution < 1.29 is 19.4 Å². The van der Waals surface area contributed by atoms with Crippen LogP contribution in [0.2, 0.25) is 0 Å². The molecule has 0 bridgehead atoms. The maximum Gasteiger partial charge on any atom is 0.344 e. The van der Waals surface area contributed by atoms with Crippen LogP contribution >= 0.6 is 0 Å². The van der Waals surface area contributed by atoms with Gasteiger partial charge in [0, 0.05) is 7.05 Å². The fourth-order valence-electron chi connectivity index (χ4n) is 1.64. The van der Waals surface area contributed by atoms with E-state index in [1.165, 1.54) is 6.92 Å². The predicted octanol–water partition coefficient (Wildman–Crippen LogP) is 1.43. The summed E-state index contributed by atoms with van der Waals surface area (Å²) < 4.78 is 12.1.